The van der Waals surface area contributed by atoms with E-state index in [0.29, 0.717) is 25.7 Å². The second-order valence-corrected chi connectivity index (χ2v) is 14.0. The number of ether oxygens (including phenoxy) is 4. The summed E-state index contributed by atoms with van der Waals surface area (Å²) in [6.45, 7) is -0.531. The average Bonchev–Trinajstić information content (AvgIpc) is 2.99. The van der Waals surface area contributed by atoms with Gasteiger partial charge >= 0.3 is 24.7 Å². The van der Waals surface area contributed by atoms with Crippen LogP contribution in [0.5, 0.6) is 0 Å². The van der Waals surface area contributed by atoms with Gasteiger partial charge in [0.2, 0.25) is 0 Å². The van der Waals surface area contributed by atoms with Crippen molar-refractivity contribution in [1.29, 1.82) is 0 Å². The van der Waals surface area contributed by atoms with Gasteiger partial charge in [0.15, 0.2) is 0 Å². The zero-order valence-corrected chi connectivity index (χ0v) is 27.4. The van der Waals surface area contributed by atoms with E-state index in [-0.39, 0.29) is 31.5 Å². The van der Waals surface area contributed by atoms with E-state index >= 15 is 0 Å². The Balaban J connectivity index is 2.01. The molecule has 0 aromatic carbocycles. The largest absolute Gasteiger partial charge is 0.426 e. The molecule has 0 saturated heterocycles. The molecule has 0 aromatic rings. The maximum absolute atomic E-state index is 14.8. The van der Waals surface area contributed by atoms with E-state index in [9.17, 15) is 52.7 Å². The Labute approximate surface area is 273 Å². The summed E-state index contributed by atoms with van der Waals surface area (Å²) in [5.74, 6) is -8.20. The Morgan fingerprint density at radius 3 is 1.15 bits per heavy atom. The molecule has 284 valence electrons. The van der Waals surface area contributed by atoms with Crippen molar-refractivity contribution >= 4 is 0 Å². The summed E-state index contributed by atoms with van der Waals surface area (Å²) in [5, 5.41) is 0. The van der Waals surface area contributed by atoms with Crippen LogP contribution in [0, 0.1) is 35.5 Å². The predicted octanol–water partition coefficient (Wildman–Crippen LogP) is 10.9. The summed E-state index contributed by atoms with van der Waals surface area (Å²) in [6.07, 6.45) is -21.1. The molecule has 3 fully saturated rings. The van der Waals surface area contributed by atoms with Gasteiger partial charge in [0, 0.05) is 11.8 Å². The van der Waals surface area contributed by atoms with E-state index in [1.165, 1.54) is 13.8 Å². The van der Waals surface area contributed by atoms with E-state index < -0.39 is 92.4 Å². The smallest absolute Gasteiger partial charge is 0.355 e. The van der Waals surface area contributed by atoms with Crippen molar-refractivity contribution < 1.29 is 71.6 Å². The van der Waals surface area contributed by atoms with Crippen LogP contribution in [0.2, 0.25) is 0 Å². The second-order valence-electron chi connectivity index (χ2n) is 14.0. The lowest BCUT2D eigenvalue weighted by atomic mass is 9.60. The molecule has 0 aliphatic heterocycles. The van der Waals surface area contributed by atoms with Gasteiger partial charge in [0.25, 0.3) is 11.2 Å². The highest BCUT2D eigenvalue weighted by Gasteiger charge is 2.80. The summed E-state index contributed by atoms with van der Waals surface area (Å²) >= 11 is 0. The van der Waals surface area contributed by atoms with Crippen LogP contribution in [0.15, 0.2) is 0 Å². The molecular formula is C32H48F12O4. The molecule has 16 heteroatoms. The molecule has 0 N–H and O–H groups in total. The van der Waals surface area contributed by atoms with Crippen LogP contribution in [0.4, 0.5) is 52.7 Å². The molecule has 3 aliphatic rings. The quantitative estimate of drug-likeness (QED) is 0.102. The molecule has 3 rings (SSSR count). The molecular weight excluding hydrogens is 676 g/mol. The number of hydrogen-bond acceptors (Lipinski definition) is 4. The van der Waals surface area contributed by atoms with Gasteiger partial charge in [0.05, 0.1) is 13.2 Å². The summed E-state index contributed by atoms with van der Waals surface area (Å²) in [6, 6.07) is 0. The number of alkyl halides is 12. The van der Waals surface area contributed by atoms with Crippen molar-refractivity contribution in [3.05, 3.63) is 0 Å². The minimum Gasteiger partial charge on any atom is -0.355 e. The van der Waals surface area contributed by atoms with Crippen molar-refractivity contribution in [3.8, 4) is 0 Å². The Bertz CT molecular complexity index is 855. The van der Waals surface area contributed by atoms with Gasteiger partial charge in [-0.25, -0.2) is 0 Å². The lowest BCUT2D eigenvalue weighted by Gasteiger charge is -2.52. The maximum atomic E-state index is 14.8. The van der Waals surface area contributed by atoms with Crippen LogP contribution in [-0.4, -0.2) is 62.7 Å². The van der Waals surface area contributed by atoms with E-state index in [2.05, 4.69) is 9.47 Å². The first-order chi connectivity index (χ1) is 22.2. The van der Waals surface area contributed by atoms with Crippen LogP contribution in [-0.2, 0) is 18.9 Å². The average molecular weight is 725 g/mol. The van der Waals surface area contributed by atoms with E-state index in [0.717, 1.165) is 38.5 Å². The lowest BCUT2D eigenvalue weighted by Crippen LogP contribution is -2.68. The molecule has 3 aliphatic carbocycles. The zero-order chi connectivity index (χ0) is 36.0. The van der Waals surface area contributed by atoms with Gasteiger partial charge in [0.1, 0.15) is 13.6 Å². The minimum absolute atomic E-state index is 0.0802. The third kappa shape index (κ3) is 9.26. The first-order valence-corrected chi connectivity index (χ1v) is 16.9. The number of rotatable bonds is 14. The van der Waals surface area contributed by atoms with E-state index in [1.54, 1.807) is 0 Å². The van der Waals surface area contributed by atoms with Gasteiger partial charge in [-0.05, 0) is 68.6 Å². The number of halogens is 12. The highest BCUT2D eigenvalue weighted by molar-refractivity contribution is 5.09. The first kappa shape index (κ1) is 41.4. The summed E-state index contributed by atoms with van der Waals surface area (Å²) in [4.78, 5) is 0. The molecule has 0 aromatic heterocycles. The SMILES string of the molecule is CCC(C)C1CC(C(OCOCC2CCCCC2)(C(F)(F)F)C(F)(F)F)CC(C(OCOCC2CCCCC2)(C(F)(F)F)C(F)(F)F)C1. The highest BCUT2D eigenvalue weighted by atomic mass is 19.4. The predicted molar refractivity (Wildman–Crippen MR) is 150 cm³/mol. The van der Waals surface area contributed by atoms with Crippen molar-refractivity contribution in [2.45, 2.75) is 140 Å². The van der Waals surface area contributed by atoms with Crippen molar-refractivity contribution in [2.24, 2.45) is 35.5 Å². The molecule has 0 amide bonds. The van der Waals surface area contributed by atoms with E-state index in [4.69, 9.17) is 9.47 Å². The van der Waals surface area contributed by atoms with E-state index in [1.807, 2.05) is 0 Å². The van der Waals surface area contributed by atoms with Crippen LogP contribution in [0.3, 0.4) is 0 Å². The Morgan fingerprint density at radius 2 is 0.854 bits per heavy atom. The van der Waals surface area contributed by atoms with Gasteiger partial charge in [-0.3, -0.25) is 0 Å². The summed E-state index contributed by atoms with van der Waals surface area (Å²) in [5.41, 5.74) is -10.2. The second kappa shape index (κ2) is 16.6. The monoisotopic (exact) mass is 724 g/mol. The molecule has 0 spiro atoms. The molecule has 48 heavy (non-hydrogen) atoms. The molecule has 3 atom stereocenters. The Morgan fingerprint density at radius 1 is 0.521 bits per heavy atom. The molecule has 3 unspecified atom stereocenters. The van der Waals surface area contributed by atoms with Crippen LogP contribution < -0.4 is 0 Å². The van der Waals surface area contributed by atoms with Gasteiger partial charge in [-0.15, -0.1) is 0 Å². The Kier molecular flexibility index (Phi) is 14.3. The normalized spacial score (nSPS) is 25.8. The summed E-state index contributed by atoms with van der Waals surface area (Å²) < 4.78 is 197. The van der Waals surface area contributed by atoms with Crippen LogP contribution in [0.1, 0.15) is 104 Å². The zero-order valence-electron chi connectivity index (χ0n) is 27.4. The molecule has 3 saturated carbocycles. The van der Waals surface area contributed by atoms with Crippen molar-refractivity contribution in [1.82, 2.24) is 0 Å². The summed E-state index contributed by atoms with van der Waals surface area (Å²) in [7, 11) is 0. The van der Waals surface area contributed by atoms with Gasteiger partial charge < -0.3 is 18.9 Å². The minimum atomic E-state index is -6.27. The third-order valence-electron chi connectivity index (χ3n) is 10.9. The van der Waals surface area contributed by atoms with Gasteiger partial charge in [-0.1, -0.05) is 58.8 Å². The fourth-order valence-electron chi connectivity index (χ4n) is 8.04. The number of hydrogen-bond donors (Lipinski definition) is 0. The molecule has 0 radical (unpaired) electrons. The standard InChI is InChI=1S/C32H48F12O4/c1-3-21(2)24-14-25(27(29(33,34)35,30(36,37)38)47-19-45-17-22-10-6-4-7-11-22)16-26(15-24)28(31(39,40)41,32(42,43)44)48-20-46-18-23-12-8-5-9-13-23/h21-26H,3-20H2,1-2H3. The van der Waals surface area contributed by atoms with Crippen LogP contribution >= 0.6 is 0 Å². The lowest BCUT2D eigenvalue weighted by molar-refractivity contribution is -0.428. The van der Waals surface area contributed by atoms with Crippen molar-refractivity contribution in [2.75, 3.05) is 26.8 Å². The Hall–Kier alpha value is -1.00. The molecule has 4 nitrogen and oxygen atoms in total. The maximum Gasteiger partial charge on any atom is 0.426 e. The fraction of sp³-hybridized carbons (Fsp3) is 1.00. The van der Waals surface area contributed by atoms with Crippen molar-refractivity contribution in [3.63, 3.8) is 0 Å². The first-order valence-electron chi connectivity index (χ1n) is 16.9. The molecule has 0 heterocycles. The highest BCUT2D eigenvalue weighted by Crippen LogP contribution is 2.61. The topological polar surface area (TPSA) is 36.9 Å². The third-order valence-corrected chi connectivity index (χ3v) is 10.9. The fourth-order valence-corrected chi connectivity index (χ4v) is 8.04. The van der Waals surface area contributed by atoms with Gasteiger partial charge in [-0.2, -0.15) is 52.7 Å². The van der Waals surface area contributed by atoms with Crippen LogP contribution in [0.25, 0.3) is 0 Å². The molecule has 0 bridgehead atoms.